The Labute approximate surface area is 111 Å². The molecule has 0 aliphatic heterocycles. The van der Waals surface area contributed by atoms with E-state index in [1.165, 1.54) is 0 Å². The van der Waals surface area contributed by atoms with Crippen molar-refractivity contribution in [2.45, 2.75) is 31.5 Å². The Kier molecular flexibility index (Phi) is 5.98. The standard InChI is InChI=1S/C13H18N2O4/c14-10(12(16)17)6-7-11(15)13(18)19-8-9-4-2-1-3-5-9/h1-5,10-11H,6-8,14-15H2,(H,16,17)/t10-,11-/m0/s1. The molecule has 1 rings (SSSR count). The molecule has 5 N–H and O–H groups in total. The van der Waals surface area contributed by atoms with Gasteiger partial charge in [0.2, 0.25) is 0 Å². The van der Waals surface area contributed by atoms with E-state index < -0.39 is 24.0 Å². The minimum Gasteiger partial charge on any atom is -0.480 e. The summed E-state index contributed by atoms with van der Waals surface area (Å²) < 4.78 is 5.03. The first-order chi connectivity index (χ1) is 9.00. The van der Waals surface area contributed by atoms with Crippen LogP contribution in [0.2, 0.25) is 0 Å². The largest absolute Gasteiger partial charge is 0.480 e. The summed E-state index contributed by atoms with van der Waals surface area (Å²) >= 11 is 0. The summed E-state index contributed by atoms with van der Waals surface area (Å²) in [6.45, 7) is 0.151. The first-order valence-corrected chi connectivity index (χ1v) is 5.95. The van der Waals surface area contributed by atoms with Crippen LogP contribution >= 0.6 is 0 Å². The van der Waals surface area contributed by atoms with Gasteiger partial charge in [-0.25, -0.2) is 0 Å². The molecule has 104 valence electrons. The van der Waals surface area contributed by atoms with Crippen molar-refractivity contribution < 1.29 is 19.4 Å². The number of carboxylic acid groups (broad SMARTS) is 1. The maximum atomic E-state index is 11.6. The number of rotatable bonds is 7. The molecule has 1 aromatic rings. The number of aliphatic carboxylic acids is 1. The third-order valence-corrected chi connectivity index (χ3v) is 2.63. The maximum absolute atomic E-state index is 11.6. The van der Waals surface area contributed by atoms with Crippen LogP contribution in [0.4, 0.5) is 0 Å². The zero-order valence-corrected chi connectivity index (χ0v) is 10.5. The molecule has 0 bridgehead atoms. The zero-order valence-electron chi connectivity index (χ0n) is 10.5. The van der Waals surface area contributed by atoms with Gasteiger partial charge in [0.25, 0.3) is 0 Å². The molecular weight excluding hydrogens is 248 g/mol. The molecule has 0 unspecified atom stereocenters. The number of hydrogen-bond acceptors (Lipinski definition) is 5. The molecule has 0 fully saturated rings. The fraction of sp³-hybridized carbons (Fsp3) is 0.385. The van der Waals surface area contributed by atoms with E-state index in [0.717, 1.165) is 5.56 Å². The fourth-order valence-corrected chi connectivity index (χ4v) is 1.44. The Bertz CT molecular complexity index is 422. The number of carboxylic acids is 1. The van der Waals surface area contributed by atoms with Crippen molar-refractivity contribution in [1.82, 2.24) is 0 Å². The molecule has 6 nitrogen and oxygen atoms in total. The van der Waals surface area contributed by atoms with Crippen molar-refractivity contribution in [2.24, 2.45) is 11.5 Å². The molecule has 0 saturated carbocycles. The van der Waals surface area contributed by atoms with Crippen molar-refractivity contribution in [2.75, 3.05) is 0 Å². The van der Waals surface area contributed by atoms with Crippen LogP contribution in [0, 0.1) is 0 Å². The number of nitrogens with two attached hydrogens (primary N) is 2. The average Bonchev–Trinajstić information content (AvgIpc) is 2.42. The van der Waals surface area contributed by atoms with Crippen molar-refractivity contribution in [1.29, 1.82) is 0 Å². The molecule has 0 radical (unpaired) electrons. The summed E-state index contributed by atoms with van der Waals surface area (Å²) in [6.07, 6.45) is 0.317. The minimum atomic E-state index is -1.11. The van der Waals surface area contributed by atoms with Crippen LogP contribution in [0.3, 0.4) is 0 Å². The third-order valence-electron chi connectivity index (χ3n) is 2.63. The van der Waals surface area contributed by atoms with Gasteiger partial charge in [0.05, 0.1) is 0 Å². The van der Waals surface area contributed by atoms with Gasteiger partial charge < -0.3 is 21.3 Å². The van der Waals surface area contributed by atoms with Gasteiger partial charge in [-0.2, -0.15) is 0 Å². The molecule has 0 amide bonds. The molecule has 6 heteroatoms. The monoisotopic (exact) mass is 266 g/mol. The lowest BCUT2D eigenvalue weighted by molar-refractivity contribution is -0.147. The first kappa shape index (κ1) is 15.1. The summed E-state index contributed by atoms with van der Waals surface area (Å²) in [5.74, 6) is -1.66. The highest BCUT2D eigenvalue weighted by Crippen LogP contribution is 2.04. The van der Waals surface area contributed by atoms with Crippen LogP contribution in [-0.2, 0) is 20.9 Å². The van der Waals surface area contributed by atoms with Crippen molar-refractivity contribution in [3.05, 3.63) is 35.9 Å². The van der Waals surface area contributed by atoms with Crippen LogP contribution in [-0.4, -0.2) is 29.1 Å². The highest BCUT2D eigenvalue weighted by atomic mass is 16.5. The summed E-state index contributed by atoms with van der Waals surface area (Å²) in [6, 6.07) is 7.36. The molecule has 1 aromatic carbocycles. The Morgan fingerprint density at radius 3 is 2.26 bits per heavy atom. The predicted molar refractivity (Wildman–Crippen MR) is 69.1 cm³/mol. The minimum absolute atomic E-state index is 0.136. The van der Waals surface area contributed by atoms with E-state index in [1.54, 1.807) is 0 Å². The van der Waals surface area contributed by atoms with Crippen molar-refractivity contribution in [3.63, 3.8) is 0 Å². The highest BCUT2D eigenvalue weighted by Gasteiger charge is 2.19. The molecule has 19 heavy (non-hydrogen) atoms. The Morgan fingerprint density at radius 1 is 1.11 bits per heavy atom. The van der Waals surface area contributed by atoms with Gasteiger partial charge >= 0.3 is 11.9 Å². The SMILES string of the molecule is N[C@@H](CC[C@H](N)C(=O)OCc1ccccc1)C(=O)O. The van der Waals surface area contributed by atoms with Crippen LogP contribution in [0.15, 0.2) is 30.3 Å². The molecule has 0 aromatic heterocycles. The molecular formula is C13H18N2O4. The summed E-state index contributed by atoms with van der Waals surface area (Å²) in [7, 11) is 0. The normalized spacial score (nSPS) is 13.6. The van der Waals surface area contributed by atoms with Crippen LogP contribution in [0.25, 0.3) is 0 Å². The molecule has 0 spiro atoms. The predicted octanol–water partition coefficient (Wildman–Crippen LogP) is 0.249. The van der Waals surface area contributed by atoms with Gasteiger partial charge in [-0.3, -0.25) is 9.59 Å². The summed E-state index contributed by atoms with van der Waals surface area (Å²) in [5.41, 5.74) is 11.8. The lowest BCUT2D eigenvalue weighted by atomic mass is 10.1. The van der Waals surface area contributed by atoms with Crippen LogP contribution < -0.4 is 11.5 Å². The summed E-state index contributed by atoms with van der Waals surface area (Å²) in [5, 5.41) is 8.60. The highest BCUT2D eigenvalue weighted by molar-refractivity contribution is 5.76. The van der Waals surface area contributed by atoms with E-state index in [1.807, 2.05) is 30.3 Å². The first-order valence-electron chi connectivity index (χ1n) is 5.95. The average molecular weight is 266 g/mol. The van der Waals surface area contributed by atoms with Crippen LogP contribution in [0.5, 0.6) is 0 Å². The van der Waals surface area contributed by atoms with Crippen LogP contribution in [0.1, 0.15) is 18.4 Å². The Balaban J connectivity index is 2.31. The lowest BCUT2D eigenvalue weighted by Crippen LogP contribution is -2.36. The number of hydrogen-bond donors (Lipinski definition) is 3. The second-order valence-corrected chi connectivity index (χ2v) is 4.22. The third kappa shape index (κ3) is 5.50. The molecule has 2 atom stereocenters. The second-order valence-electron chi connectivity index (χ2n) is 4.22. The molecule has 0 aliphatic rings. The topological polar surface area (TPSA) is 116 Å². The second kappa shape index (κ2) is 7.50. The molecule has 0 heterocycles. The maximum Gasteiger partial charge on any atom is 0.323 e. The van der Waals surface area contributed by atoms with E-state index in [9.17, 15) is 9.59 Å². The van der Waals surface area contributed by atoms with Gasteiger partial charge in [0.1, 0.15) is 18.7 Å². The number of carbonyl (C=O) groups is 2. The summed E-state index contributed by atoms with van der Waals surface area (Å²) in [4.78, 5) is 22.1. The van der Waals surface area contributed by atoms with Crippen molar-refractivity contribution >= 4 is 11.9 Å². The number of esters is 1. The van der Waals surface area contributed by atoms with E-state index in [0.29, 0.717) is 0 Å². The quantitative estimate of drug-likeness (QED) is 0.609. The van der Waals surface area contributed by atoms with Crippen molar-refractivity contribution in [3.8, 4) is 0 Å². The zero-order chi connectivity index (χ0) is 14.3. The van der Waals surface area contributed by atoms with Gasteiger partial charge in [0.15, 0.2) is 0 Å². The Morgan fingerprint density at radius 2 is 1.68 bits per heavy atom. The fourth-order valence-electron chi connectivity index (χ4n) is 1.44. The Hall–Kier alpha value is -1.92. The molecule has 0 saturated heterocycles. The van der Waals surface area contributed by atoms with Gasteiger partial charge in [-0.15, -0.1) is 0 Å². The number of ether oxygens (including phenoxy) is 1. The van der Waals surface area contributed by atoms with Gasteiger partial charge in [-0.05, 0) is 18.4 Å². The van der Waals surface area contributed by atoms with E-state index in [2.05, 4.69) is 0 Å². The number of benzene rings is 1. The number of carbonyl (C=O) groups excluding carboxylic acids is 1. The van der Waals surface area contributed by atoms with E-state index in [-0.39, 0.29) is 19.4 Å². The molecule has 0 aliphatic carbocycles. The van der Waals surface area contributed by atoms with Gasteiger partial charge in [-0.1, -0.05) is 30.3 Å². The smallest absolute Gasteiger partial charge is 0.323 e. The van der Waals surface area contributed by atoms with Gasteiger partial charge in [0, 0.05) is 0 Å². The van der Waals surface area contributed by atoms with E-state index in [4.69, 9.17) is 21.3 Å². The van der Waals surface area contributed by atoms with E-state index >= 15 is 0 Å². The lowest BCUT2D eigenvalue weighted by Gasteiger charge is -2.12.